The first-order chi connectivity index (χ1) is 13.6. The molecule has 3 aromatic rings. The minimum atomic E-state index is -0.565. The molecule has 138 valence electrons. The van der Waals surface area contributed by atoms with E-state index in [-0.39, 0.29) is 11.5 Å². The Hall–Kier alpha value is -3.73. The highest BCUT2D eigenvalue weighted by atomic mass is 16.6. The highest BCUT2D eigenvalue weighted by Gasteiger charge is 2.34. The van der Waals surface area contributed by atoms with E-state index in [0.717, 1.165) is 18.4 Å². The van der Waals surface area contributed by atoms with Gasteiger partial charge in [-0.1, -0.05) is 60.7 Å². The summed E-state index contributed by atoms with van der Waals surface area (Å²) in [4.78, 5) is 23.3. The Bertz CT molecular complexity index is 1070. The van der Waals surface area contributed by atoms with Crippen molar-refractivity contribution in [3.63, 3.8) is 0 Å². The zero-order valence-corrected chi connectivity index (χ0v) is 15.0. The molecule has 3 aromatic carbocycles. The van der Waals surface area contributed by atoms with Gasteiger partial charge in [-0.2, -0.15) is 0 Å². The maximum atomic E-state index is 12.0. The maximum Gasteiger partial charge on any atom is 0.344 e. The Labute approximate surface area is 162 Å². The first kappa shape index (κ1) is 17.7. The largest absolute Gasteiger partial charge is 0.415 e. The number of nitro groups is 1. The van der Waals surface area contributed by atoms with E-state index in [1.54, 1.807) is 36.4 Å². The van der Waals surface area contributed by atoms with Crippen molar-refractivity contribution in [2.45, 2.75) is 12.8 Å². The normalized spacial score (nSPS) is 14.4. The van der Waals surface area contributed by atoms with Crippen molar-refractivity contribution in [3.05, 3.63) is 117 Å². The van der Waals surface area contributed by atoms with Crippen LogP contribution in [0.1, 0.15) is 32.6 Å². The third-order valence-electron chi connectivity index (χ3n) is 4.76. The van der Waals surface area contributed by atoms with E-state index in [1.165, 1.54) is 5.56 Å². The predicted molar refractivity (Wildman–Crippen MR) is 106 cm³/mol. The van der Waals surface area contributed by atoms with Crippen molar-refractivity contribution < 1.29 is 14.5 Å². The Morgan fingerprint density at radius 3 is 2.00 bits per heavy atom. The molecule has 0 saturated heterocycles. The maximum absolute atomic E-state index is 12.0. The second kappa shape index (κ2) is 7.48. The SMILES string of the molecule is O=C1O/C(=C(\c2ccc(CCc3ccccc3)cc2)[N+](=O)[O-])c2ccccc21. The molecule has 0 fully saturated rings. The fourth-order valence-electron chi connectivity index (χ4n) is 3.32. The number of hydrogen-bond acceptors (Lipinski definition) is 4. The van der Waals surface area contributed by atoms with Crippen molar-refractivity contribution in [2.75, 3.05) is 0 Å². The third-order valence-corrected chi connectivity index (χ3v) is 4.76. The molecule has 0 spiro atoms. The summed E-state index contributed by atoms with van der Waals surface area (Å²) in [5.41, 5.74) is 3.34. The number of fused-ring (bicyclic) bond motifs is 1. The molecule has 4 rings (SSSR count). The molecule has 5 heteroatoms. The highest BCUT2D eigenvalue weighted by molar-refractivity contribution is 6.06. The number of rotatable bonds is 5. The van der Waals surface area contributed by atoms with Crippen LogP contribution in [0.5, 0.6) is 0 Å². The highest BCUT2D eigenvalue weighted by Crippen LogP contribution is 2.35. The minimum absolute atomic E-state index is 0.00244. The predicted octanol–water partition coefficient (Wildman–Crippen LogP) is 4.74. The van der Waals surface area contributed by atoms with Crippen molar-refractivity contribution in [1.29, 1.82) is 0 Å². The molecule has 1 heterocycles. The number of hydrogen-bond donors (Lipinski definition) is 0. The lowest BCUT2D eigenvalue weighted by atomic mass is 10.0. The summed E-state index contributed by atoms with van der Waals surface area (Å²) < 4.78 is 5.24. The summed E-state index contributed by atoms with van der Waals surface area (Å²) >= 11 is 0. The molecular weight excluding hydrogens is 354 g/mol. The average molecular weight is 371 g/mol. The summed E-state index contributed by atoms with van der Waals surface area (Å²) in [6, 6.07) is 24.0. The zero-order chi connectivity index (χ0) is 19.5. The molecule has 0 aromatic heterocycles. The van der Waals surface area contributed by atoms with Crippen LogP contribution in [0.4, 0.5) is 0 Å². The second-order valence-electron chi connectivity index (χ2n) is 6.55. The molecule has 0 atom stereocenters. The molecule has 0 amide bonds. The Morgan fingerprint density at radius 2 is 1.36 bits per heavy atom. The Kier molecular flexibility index (Phi) is 4.72. The van der Waals surface area contributed by atoms with E-state index in [4.69, 9.17) is 4.74 Å². The van der Waals surface area contributed by atoms with Crippen molar-refractivity contribution in [3.8, 4) is 0 Å². The van der Waals surface area contributed by atoms with Gasteiger partial charge in [0.25, 0.3) is 0 Å². The summed E-state index contributed by atoms with van der Waals surface area (Å²) in [5.74, 6) is -0.563. The van der Waals surface area contributed by atoms with Gasteiger partial charge in [0, 0.05) is 5.56 Å². The van der Waals surface area contributed by atoms with Gasteiger partial charge in [0.15, 0.2) is 0 Å². The minimum Gasteiger partial charge on any atom is -0.415 e. The third kappa shape index (κ3) is 3.42. The standard InChI is InChI=1S/C23H17NO4/c25-23-20-9-5-4-8-19(20)22(28-23)21(24(26)27)18-14-12-17(13-15-18)11-10-16-6-2-1-3-7-16/h1-9,12-15H,10-11H2/b22-21+. The Balaban J connectivity index is 1.63. The van der Waals surface area contributed by atoms with E-state index in [1.807, 2.05) is 30.3 Å². The molecule has 1 aliphatic rings. The van der Waals surface area contributed by atoms with E-state index in [0.29, 0.717) is 16.7 Å². The summed E-state index contributed by atoms with van der Waals surface area (Å²) in [6.07, 6.45) is 1.74. The van der Waals surface area contributed by atoms with Crippen LogP contribution in [0.3, 0.4) is 0 Å². The average Bonchev–Trinajstić information content (AvgIpc) is 3.05. The van der Waals surface area contributed by atoms with Crippen LogP contribution in [0.2, 0.25) is 0 Å². The first-order valence-electron chi connectivity index (χ1n) is 8.97. The second-order valence-corrected chi connectivity index (χ2v) is 6.55. The molecule has 1 aliphatic heterocycles. The van der Waals surface area contributed by atoms with Gasteiger partial charge in [0.1, 0.15) is 0 Å². The molecule has 0 bridgehead atoms. The van der Waals surface area contributed by atoms with E-state index in [2.05, 4.69) is 12.1 Å². The molecule has 0 unspecified atom stereocenters. The molecule has 0 N–H and O–H groups in total. The van der Waals surface area contributed by atoms with Gasteiger partial charge < -0.3 is 4.74 Å². The molecule has 0 radical (unpaired) electrons. The number of benzene rings is 3. The van der Waals surface area contributed by atoms with Crippen molar-refractivity contribution in [2.24, 2.45) is 0 Å². The van der Waals surface area contributed by atoms with Crippen LogP contribution in [-0.2, 0) is 17.6 Å². The first-order valence-corrected chi connectivity index (χ1v) is 8.97. The Morgan fingerprint density at radius 1 is 0.786 bits per heavy atom. The topological polar surface area (TPSA) is 69.4 Å². The quantitative estimate of drug-likeness (QED) is 0.369. The van der Waals surface area contributed by atoms with Crippen LogP contribution < -0.4 is 0 Å². The summed E-state index contributed by atoms with van der Waals surface area (Å²) in [5, 5.41) is 11.8. The fraction of sp³-hybridized carbons (Fsp3) is 0.0870. The van der Waals surface area contributed by atoms with E-state index < -0.39 is 10.9 Å². The lowest BCUT2D eigenvalue weighted by Crippen LogP contribution is -2.03. The van der Waals surface area contributed by atoms with Crippen molar-refractivity contribution in [1.82, 2.24) is 0 Å². The van der Waals surface area contributed by atoms with Crippen molar-refractivity contribution >= 4 is 17.4 Å². The van der Waals surface area contributed by atoms with Crippen LogP contribution in [0.15, 0.2) is 78.9 Å². The number of nitrogens with zero attached hydrogens (tertiary/aromatic N) is 1. The van der Waals surface area contributed by atoms with Gasteiger partial charge >= 0.3 is 11.7 Å². The smallest absolute Gasteiger partial charge is 0.344 e. The molecular formula is C23H17NO4. The van der Waals surface area contributed by atoms with E-state index >= 15 is 0 Å². The number of aryl methyl sites for hydroxylation is 2. The number of esters is 1. The lowest BCUT2D eigenvalue weighted by Gasteiger charge is -2.06. The van der Waals surface area contributed by atoms with Crippen LogP contribution in [0, 0.1) is 10.1 Å². The number of carbonyl (C=O) groups excluding carboxylic acids is 1. The number of cyclic esters (lactones) is 1. The monoisotopic (exact) mass is 371 g/mol. The lowest BCUT2D eigenvalue weighted by molar-refractivity contribution is -0.375. The molecule has 0 saturated carbocycles. The van der Waals surface area contributed by atoms with Crippen LogP contribution in [0.25, 0.3) is 11.5 Å². The molecule has 0 aliphatic carbocycles. The van der Waals surface area contributed by atoms with Gasteiger partial charge in [0.2, 0.25) is 5.76 Å². The van der Waals surface area contributed by atoms with Gasteiger partial charge in [-0.05, 0) is 42.2 Å². The number of ether oxygens (including phenoxy) is 1. The van der Waals surface area contributed by atoms with Gasteiger partial charge in [0.05, 0.1) is 16.1 Å². The van der Waals surface area contributed by atoms with Gasteiger partial charge in [-0.25, -0.2) is 4.79 Å². The van der Waals surface area contributed by atoms with Crippen LogP contribution in [-0.4, -0.2) is 10.9 Å². The van der Waals surface area contributed by atoms with Crippen LogP contribution >= 0.6 is 0 Å². The van der Waals surface area contributed by atoms with Gasteiger partial charge in [-0.15, -0.1) is 0 Å². The summed E-state index contributed by atoms with van der Waals surface area (Å²) in [7, 11) is 0. The zero-order valence-electron chi connectivity index (χ0n) is 15.0. The summed E-state index contributed by atoms with van der Waals surface area (Å²) in [6.45, 7) is 0. The molecule has 5 nitrogen and oxygen atoms in total. The number of carbonyl (C=O) groups is 1. The fourth-order valence-corrected chi connectivity index (χ4v) is 3.32. The van der Waals surface area contributed by atoms with E-state index in [9.17, 15) is 14.9 Å². The molecule has 28 heavy (non-hydrogen) atoms. The van der Waals surface area contributed by atoms with Gasteiger partial charge in [-0.3, -0.25) is 10.1 Å².